The van der Waals surface area contributed by atoms with Crippen molar-refractivity contribution in [2.24, 2.45) is 0 Å². The van der Waals surface area contributed by atoms with Gasteiger partial charge in [0, 0.05) is 35.0 Å². The first-order valence-corrected chi connectivity index (χ1v) is 13.4. The molecule has 8 nitrogen and oxygen atoms in total. The van der Waals surface area contributed by atoms with Crippen LogP contribution in [0.2, 0.25) is 0 Å². The molecule has 2 aromatic carbocycles. The normalized spacial score (nSPS) is 13.7. The van der Waals surface area contributed by atoms with Crippen molar-refractivity contribution in [3.8, 4) is 28.6 Å². The molecule has 0 saturated heterocycles. The molecule has 0 fully saturated rings. The number of hydrogen-bond donors (Lipinski definition) is 1. The van der Waals surface area contributed by atoms with Crippen molar-refractivity contribution in [1.82, 2.24) is 19.7 Å². The highest BCUT2D eigenvalue weighted by Gasteiger charge is 2.20. The molecular weight excluding hydrogens is 486 g/mol. The number of ether oxygens (including phenoxy) is 2. The predicted octanol–water partition coefficient (Wildman–Crippen LogP) is 5.84. The molecule has 6 rings (SSSR count). The van der Waals surface area contributed by atoms with Crippen molar-refractivity contribution >= 4 is 22.4 Å². The molecule has 4 aromatic rings. The van der Waals surface area contributed by atoms with Crippen molar-refractivity contribution in [3.63, 3.8) is 0 Å². The Hall–Kier alpha value is -3.98. The van der Waals surface area contributed by atoms with Gasteiger partial charge in [0.15, 0.2) is 11.0 Å². The van der Waals surface area contributed by atoms with E-state index in [2.05, 4.69) is 31.6 Å². The number of nitrogens with zero attached hydrogens (tertiary/aromatic N) is 4. The van der Waals surface area contributed by atoms with Crippen LogP contribution in [0.1, 0.15) is 46.0 Å². The molecule has 3 heterocycles. The lowest BCUT2D eigenvalue weighted by molar-refractivity contribution is 0.102. The Morgan fingerprint density at radius 3 is 2.76 bits per heavy atom. The average molecular weight is 514 g/mol. The molecule has 1 N–H and O–H groups in total. The second-order valence-corrected chi connectivity index (χ2v) is 10.2. The molecule has 0 unspecified atom stereocenters. The molecule has 0 spiro atoms. The molecule has 1 aliphatic carbocycles. The first-order valence-electron chi connectivity index (χ1n) is 12.6. The van der Waals surface area contributed by atoms with Gasteiger partial charge in [0.1, 0.15) is 23.1 Å². The Morgan fingerprint density at radius 2 is 1.92 bits per heavy atom. The Balaban J connectivity index is 1.21. The fraction of sp³-hybridized carbons (Fsp3) is 0.286. The molecule has 1 amide bonds. The van der Waals surface area contributed by atoms with Crippen molar-refractivity contribution < 1.29 is 14.3 Å². The van der Waals surface area contributed by atoms with Crippen molar-refractivity contribution in [1.29, 1.82) is 0 Å². The van der Waals surface area contributed by atoms with E-state index in [9.17, 15) is 4.79 Å². The second-order valence-electron chi connectivity index (χ2n) is 9.14. The van der Waals surface area contributed by atoms with Gasteiger partial charge < -0.3 is 14.0 Å². The fourth-order valence-corrected chi connectivity index (χ4v) is 5.74. The van der Waals surface area contributed by atoms with Crippen molar-refractivity contribution in [2.75, 3.05) is 11.9 Å². The fourth-order valence-electron chi connectivity index (χ4n) is 4.69. The predicted molar refractivity (Wildman–Crippen MR) is 143 cm³/mol. The molecule has 188 valence electrons. The summed E-state index contributed by atoms with van der Waals surface area (Å²) in [7, 11) is 0. The highest BCUT2D eigenvalue weighted by atomic mass is 32.1. The lowest BCUT2D eigenvalue weighted by Crippen LogP contribution is -2.12. The van der Waals surface area contributed by atoms with Crippen LogP contribution in [0.3, 0.4) is 0 Å². The Bertz CT molecular complexity index is 1440. The number of amides is 1. The number of carbonyl (C=O) groups excluding carboxylic acids is 1. The van der Waals surface area contributed by atoms with Gasteiger partial charge in [-0.1, -0.05) is 6.08 Å². The highest BCUT2D eigenvalue weighted by molar-refractivity contribution is 7.16. The topological polar surface area (TPSA) is 91.2 Å². The number of thiazole rings is 1. The molecule has 0 radical (unpaired) electrons. The van der Waals surface area contributed by atoms with E-state index in [4.69, 9.17) is 9.47 Å². The molecule has 1 aliphatic heterocycles. The van der Waals surface area contributed by atoms with E-state index in [0.717, 1.165) is 61.6 Å². The summed E-state index contributed by atoms with van der Waals surface area (Å²) in [5.74, 6) is 3.39. The number of rotatable bonds is 9. The molecular formula is C28H27N5O3S. The minimum Gasteiger partial charge on any atom is -0.493 e. The maximum atomic E-state index is 13.1. The summed E-state index contributed by atoms with van der Waals surface area (Å²) in [6, 6.07) is 13.0. The first kappa shape index (κ1) is 23.4. The van der Waals surface area contributed by atoms with Crippen LogP contribution in [0.5, 0.6) is 17.2 Å². The number of nitrogens with one attached hydrogen (secondary N) is 1. The summed E-state index contributed by atoms with van der Waals surface area (Å²) >= 11 is 1.55. The summed E-state index contributed by atoms with van der Waals surface area (Å²) in [5, 5.41) is 12.2. The van der Waals surface area contributed by atoms with Crippen LogP contribution in [0.4, 0.5) is 5.13 Å². The van der Waals surface area contributed by atoms with Crippen LogP contribution in [0.15, 0.2) is 55.1 Å². The minimum absolute atomic E-state index is 0.248. The van der Waals surface area contributed by atoms with Crippen LogP contribution >= 0.6 is 11.3 Å². The van der Waals surface area contributed by atoms with Crippen molar-refractivity contribution in [3.05, 3.63) is 77.1 Å². The van der Waals surface area contributed by atoms with E-state index in [1.54, 1.807) is 35.6 Å². The number of fused-ring (bicyclic) bond motifs is 2. The number of benzene rings is 2. The smallest absolute Gasteiger partial charge is 0.257 e. The molecule has 2 aliphatic rings. The van der Waals surface area contributed by atoms with E-state index >= 15 is 0 Å². The van der Waals surface area contributed by atoms with Crippen molar-refractivity contribution in [2.45, 2.75) is 45.1 Å². The third kappa shape index (κ3) is 4.99. The van der Waals surface area contributed by atoms with E-state index in [-0.39, 0.29) is 5.91 Å². The first-order chi connectivity index (χ1) is 18.2. The SMILES string of the molecule is C=CCCOc1cc(Oc2ccc(-c3nnc4n3CCC4)cc2)cc(C(=O)Nc2nc3c(s2)CCC3)c1. The Labute approximate surface area is 219 Å². The van der Waals surface area contributed by atoms with Gasteiger partial charge in [-0.2, -0.15) is 0 Å². The maximum absolute atomic E-state index is 13.1. The van der Waals surface area contributed by atoms with Gasteiger partial charge in [0.25, 0.3) is 5.91 Å². The number of hydrogen-bond acceptors (Lipinski definition) is 7. The minimum atomic E-state index is -0.248. The summed E-state index contributed by atoms with van der Waals surface area (Å²) in [6.07, 6.45) is 7.71. The molecule has 0 bridgehead atoms. The monoisotopic (exact) mass is 513 g/mol. The van der Waals surface area contributed by atoms with E-state index < -0.39 is 0 Å². The van der Waals surface area contributed by atoms with E-state index in [0.29, 0.717) is 41.0 Å². The van der Waals surface area contributed by atoms with Gasteiger partial charge in [-0.3, -0.25) is 10.1 Å². The third-order valence-corrected chi connectivity index (χ3v) is 7.58. The molecule has 2 aromatic heterocycles. The van der Waals surface area contributed by atoms with Gasteiger partial charge in [-0.05, 0) is 68.5 Å². The Morgan fingerprint density at radius 1 is 1.05 bits per heavy atom. The van der Waals surface area contributed by atoms with Gasteiger partial charge in [-0.15, -0.1) is 28.1 Å². The summed E-state index contributed by atoms with van der Waals surface area (Å²) in [5.41, 5.74) is 2.53. The van der Waals surface area contributed by atoms with Gasteiger partial charge >= 0.3 is 0 Å². The van der Waals surface area contributed by atoms with Crippen LogP contribution < -0.4 is 14.8 Å². The maximum Gasteiger partial charge on any atom is 0.257 e. The summed E-state index contributed by atoms with van der Waals surface area (Å²) < 4.78 is 14.2. The molecule has 37 heavy (non-hydrogen) atoms. The molecule has 9 heteroatoms. The average Bonchev–Trinajstić information content (AvgIpc) is 3.67. The van der Waals surface area contributed by atoms with Crippen LogP contribution in [0, 0.1) is 0 Å². The van der Waals surface area contributed by atoms with Crippen LogP contribution in [0.25, 0.3) is 11.4 Å². The zero-order valence-electron chi connectivity index (χ0n) is 20.4. The van der Waals surface area contributed by atoms with Crippen LogP contribution in [-0.2, 0) is 25.8 Å². The summed E-state index contributed by atoms with van der Waals surface area (Å²) in [4.78, 5) is 19.0. The number of carbonyl (C=O) groups is 1. The van der Waals surface area contributed by atoms with E-state index in [1.807, 2.05) is 24.3 Å². The van der Waals surface area contributed by atoms with Gasteiger partial charge in [-0.25, -0.2) is 4.98 Å². The van der Waals surface area contributed by atoms with Crippen LogP contribution in [-0.4, -0.2) is 32.3 Å². The zero-order valence-corrected chi connectivity index (χ0v) is 21.2. The van der Waals surface area contributed by atoms with Gasteiger partial charge in [0.05, 0.1) is 12.3 Å². The molecule has 0 atom stereocenters. The second kappa shape index (κ2) is 10.2. The molecule has 0 saturated carbocycles. The third-order valence-electron chi connectivity index (χ3n) is 6.51. The zero-order chi connectivity index (χ0) is 25.2. The van der Waals surface area contributed by atoms with Gasteiger partial charge in [0.2, 0.25) is 0 Å². The largest absolute Gasteiger partial charge is 0.493 e. The standard InChI is InChI=1S/C28H27N5O3S/c1-2-3-14-35-21-15-19(27(34)30-28-29-23-6-4-7-24(23)37-28)16-22(17-21)36-20-11-9-18(10-12-20)26-32-31-25-8-5-13-33(25)26/h2,9-12,15-17H,1,3-8,13-14H2,(H,29,30,34). The lowest BCUT2D eigenvalue weighted by Gasteiger charge is -2.12. The quantitative estimate of drug-likeness (QED) is 0.223. The number of aromatic nitrogens is 4. The number of anilines is 1. The highest BCUT2D eigenvalue weighted by Crippen LogP contribution is 2.33. The van der Waals surface area contributed by atoms with E-state index in [1.165, 1.54) is 4.88 Å². The number of aryl methyl sites for hydroxylation is 3. The Kier molecular flexibility index (Phi) is 6.44. The summed E-state index contributed by atoms with van der Waals surface area (Å²) in [6.45, 7) is 5.15. The lowest BCUT2D eigenvalue weighted by atomic mass is 10.1.